The average molecular weight is 303 g/mol. The van der Waals surface area contributed by atoms with Crippen molar-refractivity contribution in [2.45, 2.75) is 38.3 Å². The third kappa shape index (κ3) is 5.53. The van der Waals surface area contributed by atoms with Gasteiger partial charge in [-0.25, -0.2) is 0 Å². The molecule has 0 saturated carbocycles. The zero-order chi connectivity index (χ0) is 14.8. The van der Waals surface area contributed by atoms with E-state index in [-0.39, 0.29) is 6.10 Å². The van der Waals surface area contributed by atoms with Crippen LogP contribution in [0.2, 0.25) is 6.04 Å². The Morgan fingerprint density at radius 2 is 2.15 bits per heavy atom. The van der Waals surface area contributed by atoms with Gasteiger partial charge in [0.05, 0.1) is 12.7 Å². The van der Waals surface area contributed by atoms with Crippen LogP contribution >= 0.6 is 0 Å². The summed E-state index contributed by atoms with van der Waals surface area (Å²) in [6.07, 6.45) is 5.08. The molecule has 0 bridgehead atoms. The molecule has 5 nitrogen and oxygen atoms in total. The van der Waals surface area contributed by atoms with Gasteiger partial charge in [-0.15, -0.1) is 0 Å². The van der Waals surface area contributed by atoms with Gasteiger partial charge in [0.25, 0.3) is 0 Å². The van der Waals surface area contributed by atoms with Crippen molar-refractivity contribution in [3.63, 3.8) is 0 Å². The summed E-state index contributed by atoms with van der Waals surface area (Å²) in [6, 6.07) is 0.805. The van der Waals surface area contributed by atoms with Crippen molar-refractivity contribution in [2.75, 3.05) is 40.5 Å². The molecule has 1 aliphatic heterocycles. The summed E-state index contributed by atoms with van der Waals surface area (Å²) in [6.45, 7) is 9.15. The Bertz CT molecular complexity index is 274. The lowest BCUT2D eigenvalue weighted by Crippen LogP contribution is -2.51. The zero-order valence-electron chi connectivity index (χ0n) is 13.1. The Morgan fingerprint density at radius 3 is 2.75 bits per heavy atom. The van der Waals surface area contributed by atoms with E-state index in [1.165, 1.54) is 6.42 Å². The van der Waals surface area contributed by atoms with E-state index in [2.05, 4.69) is 18.4 Å². The van der Waals surface area contributed by atoms with E-state index in [0.717, 1.165) is 38.6 Å². The van der Waals surface area contributed by atoms with Crippen molar-refractivity contribution in [3.8, 4) is 0 Å². The van der Waals surface area contributed by atoms with E-state index in [1.807, 2.05) is 6.20 Å². The minimum atomic E-state index is -2.53. The number of rotatable bonds is 8. The Hall–Kier alpha value is -0.403. The molecule has 1 saturated heterocycles. The second kappa shape index (κ2) is 9.52. The molecule has 1 aliphatic rings. The maximum atomic E-state index is 6.17. The molecule has 0 aromatic rings. The van der Waals surface area contributed by atoms with Crippen LogP contribution in [0.4, 0.5) is 0 Å². The number of hydrogen-bond acceptors (Lipinski definition) is 5. The van der Waals surface area contributed by atoms with Gasteiger partial charge in [0.15, 0.2) is 0 Å². The van der Waals surface area contributed by atoms with Crippen molar-refractivity contribution < 1.29 is 18.0 Å². The maximum Gasteiger partial charge on any atom is 0.500 e. The molecule has 0 radical (unpaired) electrons. The summed E-state index contributed by atoms with van der Waals surface area (Å²) < 4.78 is 23.0. The topological polar surface area (TPSA) is 40.2 Å². The molecule has 0 spiro atoms. The quantitative estimate of drug-likeness (QED) is 0.643. The highest BCUT2D eigenvalue weighted by molar-refractivity contribution is 6.60. The van der Waals surface area contributed by atoms with Gasteiger partial charge in [-0.3, -0.25) is 0 Å². The van der Waals surface area contributed by atoms with E-state index < -0.39 is 8.80 Å². The average Bonchev–Trinajstić information content (AvgIpc) is 2.46. The van der Waals surface area contributed by atoms with Gasteiger partial charge in [0.1, 0.15) is 0 Å². The molecule has 20 heavy (non-hydrogen) atoms. The molecule has 0 aliphatic carbocycles. The lowest BCUT2D eigenvalue weighted by atomic mass is 10.3. The van der Waals surface area contributed by atoms with Crippen LogP contribution in [0.3, 0.4) is 0 Å². The van der Waals surface area contributed by atoms with E-state index in [0.29, 0.717) is 6.61 Å². The van der Waals surface area contributed by atoms with Crippen LogP contribution in [-0.4, -0.2) is 60.3 Å². The van der Waals surface area contributed by atoms with Gasteiger partial charge >= 0.3 is 8.80 Å². The second-order valence-electron chi connectivity index (χ2n) is 5.04. The fourth-order valence-corrected chi connectivity index (χ4v) is 4.42. The summed E-state index contributed by atoms with van der Waals surface area (Å²) in [7, 11) is 0.828. The second-order valence-corrected chi connectivity index (χ2v) is 7.96. The van der Waals surface area contributed by atoms with Gasteiger partial charge in [0, 0.05) is 40.0 Å². The van der Waals surface area contributed by atoms with Crippen molar-refractivity contribution >= 4 is 8.80 Å². The number of ether oxygens (including phenoxy) is 1. The summed E-state index contributed by atoms with van der Waals surface area (Å²) in [5, 5.41) is 0. The lowest BCUT2D eigenvalue weighted by Gasteiger charge is -2.35. The molecule has 1 unspecified atom stereocenters. The molecule has 0 N–H and O–H groups in total. The van der Waals surface area contributed by atoms with E-state index in [9.17, 15) is 0 Å². The smallest absolute Gasteiger partial charge is 0.379 e. The first-order valence-corrected chi connectivity index (χ1v) is 9.35. The van der Waals surface area contributed by atoms with Gasteiger partial charge in [-0.2, -0.15) is 0 Å². The van der Waals surface area contributed by atoms with E-state index in [1.54, 1.807) is 14.2 Å². The number of hydrogen-bond donors (Lipinski definition) is 0. The normalized spacial score (nSPS) is 22.9. The molecule has 1 heterocycles. The molecule has 0 aromatic heterocycles. The molecule has 0 aromatic carbocycles. The predicted octanol–water partition coefficient (Wildman–Crippen LogP) is 2.27. The number of unbranched alkanes of at least 4 members (excludes halogenated alkanes) is 1. The lowest BCUT2D eigenvalue weighted by molar-refractivity contribution is -0.0230. The van der Waals surface area contributed by atoms with E-state index >= 15 is 0 Å². The SMILES string of the molecule is C=CN(CCCC)CC1COCCC[Si](OC)(OC)O1. The molecule has 1 atom stereocenters. The first-order valence-electron chi connectivity index (χ1n) is 7.42. The summed E-state index contributed by atoms with van der Waals surface area (Å²) >= 11 is 0. The molecular formula is C14H29NO4Si. The Labute approximate surface area is 124 Å². The van der Waals surface area contributed by atoms with Crippen molar-refractivity contribution in [1.82, 2.24) is 4.90 Å². The summed E-state index contributed by atoms with van der Waals surface area (Å²) in [5.41, 5.74) is 0. The molecular weight excluding hydrogens is 274 g/mol. The highest BCUT2D eigenvalue weighted by atomic mass is 28.4. The van der Waals surface area contributed by atoms with Crippen LogP contribution in [0.25, 0.3) is 0 Å². The third-order valence-electron chi connectivity index (χ3n) is 3.54. The van der Waals surface area contributed by atoms with Crippen LogP contribution in [0.5, 0.6) is 0 Å². The molecule has 6 heteroatoms. The van der Waals surface area contributed by atoms with Crippen LogP contribution in [0, 0.1) is 0 Å². The monoisotopic (exact) mass is 303 g/mol. The summed E-state index contributed by atoms with van der Waals surface area (Å²) in [4.78, 5) is 2.18. The molecule has 118 valence electrons. The zero-order valence-corrected chi connectivity index (χ0v) is 14.1. The van der Waals surface area contributed by atoms with Gasteiger partial charge in [-0.05, 0) is 19.0 Å². The fourth-order valence-electron chi connectivity index (χ4n) is 2.31. The van der Waals surface area contributed by atoms with Crippen molar-refractivity contribution in [1.29, 1.82) is 0 Å². The minimum Gasteiger partial charge on any atom is -0.379 e. The van der Waals surface area contributed by atoms with Crippen LogP contribution in [0.15, 0.2) is 12.8 Å². The van der Waals surface area contributed by atoms with Crippen molar-refractivity contribution in [2.24, 2.45) is 0 Å². The fraction of sp³-hybridized carbons (Fsp3) is 0.857. The van der Waals surface area contributed by atoms with Crippen LogP contribution in [-0.2, 0) is 18.0 Å². The summed E-state index contributed by atoms with van der Waals surface area (Å²) in [5.74, 6) is 0. The molecule has 1 fully saturated rings. The molecule has 1 rings (SSSR count). The highest BCUT2D eigenvalue weighted by Crippen LogP contribution is 2.21. The third-order valence-corrected chi connectivity index (χ3v) is 6.44. The number of nitrogens with zero attached hydrogens (tertiary/aromatic N) is 1. The largest absolute Gasteiger partial charge is 0.500 e. The Kier molecular flexibility index (Phi) is 8.40. The standard InChI is InChI=1S/C14H29NO4Si/c1-5-7-9-15(6-2)12-14-13-18-10-8-11-20(16-3,17-4)19-14/h6,14H,2,5,7-13H2,1,3-4H3. The predicted molar refractivity (Wildman–Crippen MR) is 81.6 cm³/mol. The van der Waals surface area contributed by atoms with Gasteiger partial charge in [0.2, 0.25) is 0 Å². The maximum absolute atomic E-state index is 6.17. The van der Waals surface area contributed by atoms with Crippen LogP contribution < -0.4 is 0 Å². The Morgan fingerprint density at radius 1 is 1.40 bits per heavy atom. The highest BCUT2D eigenvalue weighted by Gasteiger charge is 2.42. The van der Waals surface area contributed by atoms with Gasteiger partial charge in [-0.1, -0.05) is 19.9 Å². The minimum absolute atomic E-state index is 0.0308. The van der Waals surface area contributed by atoms with E-state index in [4.69, 9.17) is 18.0 Å². The van der Waals surface area contributed by atoms with Crippen LogP contribution in [0.1, 0.15) is 26.2 Å². The van der Waals surface area contributed by atoms with Gasteiger partial charge < -0.3 is 22.9 Å². The molecule has 0 amide bonds. The first-order chi connectivity index (χ1) is 9.69. The first kappa shape index (κ1) is 17.6. The van der Waals surface area contributed by atoms with Crippen molar-refractivity contribution in [3.05, 3.63) is 12.8 Å². The Balaban J connectivity index is 2.61.